The van der Waals surface area contributed by atoms with Crippen LogP contribution in [0.2, 0.25) is 0 Å². The number of hydrazine groups is 1. The second-order valence-electron chi connectivity index (χ2n) is 6.73. The third kappa shape index (κ3) is 3.17. The summed E-state index contributed by atoms with van der Waals surface area (Å²) >= 11 is 0. The molecule has 2 rings (SSSR count). The van der Waals surface area contributed by atoms with Crippen LogP contribution in [-0.2, 0) is 5.41 Å². The summed E-state index contributed by atoms with van der Waals surface area (Å²) in [6.45, 7) is 10.4. The lowest BCUT2D eigenvalue weighted by Crippen LogP contribution is -2.54. The Balaban J connectivity index is 2.06. The molecule has 1 aliphatic rings. The summed E-state index contributed by atoms with van der Waals surface area (Å²) in [5, 5.41) is 8.90. The van der Waals surface area contributed by atoms with Crippen LogP contribution in [0.1, 0.15) is 70.3 Å². The van der Waals surface area contributed by atoms with Crippen LogP contribution in [-0.4, -0.2) is 38.2 Å². The fourth-order valence-corrected chi connectivity index (χ4v) is 2.51. The first kappa shape index (κ1) is 15.0. The van der Waals surface area contributed by atoms with E-state index in [1.807, 2.05) is 25.8 Å². The molecule has 2 unspecified atom stereocenters. The van der Waals surface area contributed by atoms with Crippen molar-refractivity contribution >= 4 is 5.91 Å². The van der Waals surface area contributed by atoms with Gasteiger partial charge in [-0.25, -0.2) is 9.99 Å². The highest BCUT2D eigenvalue weighted by atomic mass is 16.2. The molecule has 0 aromatic carbocycles. The largest absolute Gasteiger partial charge is 0.305 e. The van der Waals surface area contributed by atoms with Crippen LogP contribution >= 0.6 is 0 Å². The van der Waals surface area contributed by atoms with E-state index in [9.17, 15) is 4.79 Å². The standard InChI is InChI=1S/C14H25N5O/c1-9-7-6-8-10(2)19(9)18-12(20)11-15-13(17-16-11)14(3,4)5/h9-10H,6-8H2,1-5H3,(H,18,20)(H,15,16,17). The van der Waals surface area contributed by atoms with Crippen molar-refractivity contribution in [2.24, 2.45) is 0 Å². The number of carbonyl (C=O) groups excluding carboxylic acids is 1. The van der Waals surface area contributed by atoms with Gasteiger partial charge in [-0.2, -0.15) is 0 Å². The molecular formula is C14H25N5O. The van der Waals surface area contributed by atoms with Crippen molar-refractivity contribution in [1.82, 2.24) is 25.6 Å². The van der Waals surface area contributed by atoms with E-state index < -0.39 is 0 Å². The third-order valence-corrected chi connectivity index (χ3v) is 3.82. The predicted molar refractivity (Wildman–Crippen MR) is 77.2 cm³/mol. The second-order valence-corrected chi connectivity index (χ2v) is 6.73. The minimum atomic E-state index is -0.239. The summed E-state index contributed by atoms with van der Waals surface area (Å²) in [7, 11) is 0. The molecule has 0 radical (unpaired) electrons. The van der Waals surface area contributed by atoms with Gasteiger partial charge in [-0.15, -0.1) is 5.10 Å². The molecule has 1 fully saturated rings. The summed E-state index contributed by atoms with van der Waals surface area (Å²) < 4.78 is 0. The molecule has 1 aliphatic heterocycles. The number of hydrogen-bond acceptors (Lipinski definition) is 4. The molecule has 2 atom stereocenters. The Morgan fingerprint density at radius 1 is 1.30 bits per heavy atom. The third-order valence-electron chi connectivity index (χ3n) is 3.82. The van der Waals surface area contributed by atoms with Gasteiger partial charge >= 0.3 is 5.91 Å². The Labute approximate surface area is 120 Å². The molecule has 0 bridgehead atoms. The van der Waals surface area contributed by atoms with Crippen LogP contribution in [0.25, 0.3) is 0 Å². The van der Waals surface area contributed by atoms with Gasteiger partial charge in [0.1, 0.15) is 5.82 Å². The molecule has 1 aromatic heterocycles. The summed E-state index contributed by atoms with van der Waals surface area (Å²) in [5.74, 6) is 0.694. The quantitative estimate of drug-likeness (QED) is 0.868. The first-order valence-electron chi connectivity index (χ1n) is 7.31. The number of aromatic amines is 1. The van der Waals surface area contributed by atoms with Crippen LogP contribution in [0.15, 0.2) is 0 Å². The topological polar surface area (TPSA) is 73.9 Å². The van der Waals surface area contributed by atoms with Crippen LogP contribution in [0.4, 0.5) is 0 Å². The average Bonchev–Trinajstić information content (AvgIpc) is 2.83. The highest BCUT2D eigenvalue weighted by Crippen LogP contribution is 2.21. The molecule has 6 heteroatoms. The molecule has 2 N–H and O–H groups in total. The molecule has 1 amide bonds. The van der Waals surface area contributed by atoms with Gasteiger partial charge in [-0.1, -0.05) is 27.2 Å². The molecule has 2 heterocycles. The zero-order valence-corrected chi connectivity index (χ0v) is 13.0. The van der Waals surface area contributed by atoms with Crippen molar-refractivity contribution in [1.29, 1.82) is 0 Å². The summed E-state index contributed by atoms with van der Waals surface area (Å²) in [6, 6.07) is 0.701. The Hall–Kier alpha value is -1.43. The minimum Gasteiger partial charge on any atom is -0.281 e. The van der Waals surface area contributed by atoms with Crippen LogP contribution < -0.4 is 5.43 Å². The van der Waals surface area contributed by atoms with Gasteiger partial charge in [-0.05, 0) is 26.7 Å². The molecule has 1 aromatic rings. The number of H-pyrrole nitrogens is 1. The van der Waals surface area contributed by atoms with Crippen LogP contribution in [0.3, 0.4) is 0 Å². The van der Waals surface area contributed by atoms with E-state index in [2.05, 4.69) is 34.5 Å². The maximum Gasteiger partial charge on any atom is 0.305 e. The maximum absolute atomic E-state index is 12.2. The lowest BCUT2D eigenvalue weighted by atomic mass is 9.96. The first-order valence-corrected chi connectivity index (χ1v) is 7.31. The smallest absolute Gasteiger partial charge is 0.281 e. The fraction of sp³-hybridized carbons (Fsp3) is 0.786. The van der Waals surface area contributed by atoms with Crippen molar-refractivity contribution in [2.45, 2.75) is 71.4 Å². The summed E-state index contributed by atoms with van der Waals surface area (Å²) in [6.07, 6.45) is 3.42. The van der Waals surface area contributed by atoms with Crippen LogP contribution in [0.5, 0.6) is 0 Å². The number of nitrogens with one attached hydrogen (secondary N) is 2. The SMILES string of the molecule is CC1CCCC(C)N1NC(=O)c1n[nH]c(C(C)(C)C)n1. The number of aromatic nitrogens is 3. The summed E-state index contributed by atoms with van der Waals surface area (Å²) in [4.78, 5) is 16.5. The van der Waals surface area contributed by atoms with Gasteiger partial charge in [0.05, 0.1) is 0 Å². The maximum atomic E-state index is 12.2. The van der Waals surface area contributed by atoms with Crippen molar-refractivity contribution in [3.63, 3.8) is 0 Å². The number of rotatable bonds is 2. The lowest BCUT2D eigenvalue weighted by Gasteiger charge is -2.38. The first-order chi connectivity index (χ1) is 9.29. The average molecular weight is 279 g/mol. The Morgan fingerprint density at radius 2 is 1.90 bits per heavy atom. The fourth-order valence-electron chi connectivity index (χ4n) is 2.51. The zero-order chi connectivity index (χ0) is 14.9. The molecule has 0 aliphatic carbocycles. The van der Waals surface area contributed by atoms with Crippen molar-refractivity contribution in [3.8, 4) is 0 Å². The Kier molecular flexibility index (Phi) is 4.13. The number of amides is 1. The van der Waals surface area contributed by atoms with E-state index >= 15 is 0 Å². The van der Waals surface area contributed by atoms with Crippen molar-refractivity contribution in [2.75, 3.05) is 0 Å². The minimum absolute atomic E-state index is 0.142. The highest BCUT2D eigenvalue weighted by Gasteiger charge is 2.28. The number of carbonyl (C=O) groups is 1. The molecular weight excluding hydrogens is 254 g/mol. The van der Waals surface area contributed by atoms with Gasteiger partial charge in [0.2, 0.25) is 5.82 Å². The zero-order valence-electron chi connectivity index (χ0n) is 13.0. The van der Waals surface area contributed by atoms with E-state index in [1.165, 1.54) is 6.42 Å². The van der Waals surface area contributed by atoms with Gasteiger partial charge in [0.25, 0.3) is 0 Å². The number of nitrogens with zero attached hydrogens (tertiary/aromatic N) is 3. The second kappa shape index (κ2) is 5.52. The van der Waals surface area contributed by atoms with Gasteiger partial charge in [0, 0.05) is 17.5 Å². The normalized spacial score (nSPS) is 24.6. The Morgan fingerprint density at radius 3 is 2.40 bits per heavy atom. The van der Waals surface area contributed by atoms with E-state index in [0.717, 1.165) is 18.7 Å². The predicted octanol–water partition coefficient (Wildman–Crippen LogP) is 2.01. The van der Waals surface area contributed by atoms with Gasteiger partial charge < -0.3 is 0 Å². The number of hydrogen-bond donors (Lipinski definition) is 2. The van der Waals surface area contributed by atoms with E-state index in [0.29, 0.717) is 12.1 Å². The molecule has 20 heavy (non-hydrogen) atoms. The van der Waals surface area contributed by atoms with Crippen molar-refractivity contribution in [3.05, 3.63) is 11.6 Å². The number of piperidine rings is 1. The van der Waals surface area contributed by atoms with Crippen molar-refractivity contribution < 1.29 is 4.79 Å². The Bertz CT molecular complexity index is 466. The molecule has 0 saturated carbocycles. The van der Waals surface area contributed by atoms with Crippen LogP contribution in [0, 0.1) is 0 Å². The summed E-state index contributed by atoms with van der Waals surface area (Å²) in [5.41, 5.74) is 2.81. The molecule has 0 spiro atoms. The highest BCUT2D eigenvalue weighted by molar-refractivity contribution is 5.89. The van der Waals surface area contributed by atoms with E-state index in [4.69, 9.17) is 0 Å². The monoisotopic (exact) mass is 279 g/mol. The molecule has 6 nitrogen and oxygen atoms in total. The van der Waals surface area contributed by atoms with E-state index in [1.54, 1.807) is 0 Å². The van der Waals surface area contributed by atoms with Gasteiger partial charge in [-0.3, -0.25) is 15.3 Å². The molecule has 112 valence electrons. The van der Waals surface area contributed by atoms with Gasteiger partial charge in [0.15, 0.2) is 0 Å². The van der Waals surface area contributed by atoms with E-state index in [-0.39, 0.29) is 17.1 Å². The molecule has 1 saturated heterocycles. The lowest BCUT2D eigenvalue weighted by molar-refractivity contribution is 0.0362.